The van der Waals surface area contributed by atoms with Gasteiger partial charge in [0.05, 0.1) is 12.4 Å². The maximum absolute atomic E-state index is 10.3. The predicted octanol–water partition coefficient (Wildman–Crippen LogP) is 1.81. The Morgan fingerprint density at radius 2 is 2.00 bits per heavy atom. The van der Waals surface area contributed by atoms with Crippen molar-refractivity contribution in [3.63, 3.8) is 0 Å². The molecule has 1 unspecified atom stereocenters. The van der Waals surface area contributed by atoms with E-state index in [0.29, 0.717) is 19.6 Å². The molecule has 0 heterocycles. The lowest BCUT2D eigenvalue weighted by atomic mass is 10.2. The Balaban J connectivity index is 2.08. The average molecular weight is 214 g/mol. The number of ether oxygens (including phenoxy) is 1. The van der Waals surface area contributed by atoms with Crippen LogP contribution < -0.4 is 0 Å². The second kappa shape index (κ2) is 6.70. The van der Waals surface area contributed by atoms with Gasteiger partial charge in [-0.05, 0) is 12.0 Å². The lowest BCUT2D eigenvalue weighted by Gasteiger charge is -2.02. The Morgan fingerprint density at radius 1 is 1.29 bits per heavy atom. The molecule has 4 heteroatoms. The summed E-state index contributed by atoms with van der Waals surface area (Å²) in [6.07, 6.45) is 0.621. The van der Waals surface area contributed by atoms with Crippen molar-refractivity contribution in [1.82, 2.24) is 0 Å². The molecular formula is C10H14O3S. The molecule has 1 N–H and O–H groups in total. The van der Waals surface area contributed by atoms with Gasteiger partial charge in [0, 0.05) is 6.61 Å². The van der Waals surface area contributed by atoms with Crippen molar-refractivity contribution in [2.24, 2.45) is 0 Å². The molecule has 0 aromatic heterocycles. The molecule has 0 spiro atoms. The fourth-order valence-corrected chi connectivity index (χ4v) is 1.41. The highest BCUT2D eigenvalue weighted by atomic mass is 32.2. The zero-order valence-electron chi connectivity index (χ0n) is 7.89. The Kier molecular flexibility index (Phi) is 5.44. The first kappa shape index (κ1) is 11.4. The average Bonchev–Trinajstić information content (AvgIpc) is 2.18. The van der Waals surface area contributed by atoms with Crippen LogP contribution in [-0.4, -0.2) is 21.1 Å². The summed E-state index contributed by atoms with van der Waals surface area (Å²) >= 11 is -1.69. The molecule has 1 aromatic carbocycles. The third-order valence-electron chi connectivity index (χ3n) is 1.72. The molecule has 14 heavy (non-hydrogen) atoms. The van der Waals surface area contributed by atoms with Crippen LogP contribution in [0.5, 0.6) is 0 Å². The predicted molar refractivity (Wildman–Crippen MR) is 56.4 cm³/mol. The molecule has 0 aliphatic rings. The van der Waals surface area contributed by atoms with Crippen LogP contribution in [0.1, 0.15) is 12.0 Å². The molecule has 0 aliphatic carbocycles. The normalized spacial score (nSPS) is 12.6. The van der Waals surface area contributed by atoms with Crippen LogP contribution in [0.15, 0.2) is 30.3 Å². The summed E-state index contributed by atoms with van der Waals surface area (Å²) in [6, 6.07) is 9.86. The van der Waals surface area contributed by atoms with Crippen molar-refractivity contribution >= 4 is 11.1 Å². The second-order valence-corrected chi connectivity index (χ2v) is 3.97. The van der Waals surface area contributed by atoms with Gasteiger partial charge in [-0.2, -0.15) is 0 Å². The van der Waals surface area contributed by atoms with Gasteiger partial charge in [-0.25, -0.2) is 4.21 Å². The van der Waals surface area contributed by atoms with Crippen LogP contribution in [0.4, 0.5) is 0 Å². The Morgan fingerprint density at radius 3 is 2.64 bits per heavy atom. The third kappa shape index (κ3) is 5.11. The van der Waals surface area contributed by atoms with Crippen LogP contribution in [-0.2, 0) is 22.4 Å². The van der Waals surface area contributed by atoms with Crippen LogP contribution in [0, 0.1) is 0 Å². The van der Waals surface area contributed by atoms with E-state index in [9.17, 15) is 4.21 Å². The van der Waals surface area contributed by atoms with E-state index in [0.717, 1.165) is 5.56 Å². The molecule has 0 saturated heterocycles. The zero-order valence-corrected chi connectivity index (χ0v) is 8.70. The monoisotopic (exact) mass is 214 g/mol. The van der Waals surface area contributed by atoms with Crippen molar-refractivity contribution in [2.75, 3.05) is 12.4 Å². The molecule has 0 amide bonds. The van der Waals surface area contributed by atoms with Gasteiger partial charge in [-0.3, -0.25) is 0 Å². The molecule has 0 saturated carbocycles. The highest BCUT2D eigenvalue weighted by Gasteiger charge is 1.94. The highest BCUT2D eigenvalue weighted by Crippen LogP contribution is 2.00. The van der Waals surface area contributed by atoms with E-state index < -0.39 is 11.1 Å². The van der Waals surface area contributed by atoms with E-state index in [-0.39, 0.29) is 5.75 Å². The largest absolute Gasteiger partial charge is 0.377 e. The van der Waals surface area contributed by atoms with Gasteiger partial charge in [0.25, 0.3) is 0 Å². The standard InChI is InChI=1S/C10H14O3S/c11-14(12)8-4-7-13-9-10-5-2-1-3-6-10/h1-3,5-6H,4,7-9H2,(H,11,12). The topological polar surface area (TPSA) is 46.5 Å². The zero-order chi connectivity index (χ0) is 10.2. The summed E-state index contributed by atoms with van der Waals surface area (Å²) < 4.78 is 24.1. The van der Waals surface area contributed by atoms with Crippen LogP contribution in [0.2, 0.25) is 0 Å². The molecule has 78 valence electrons. The summed E-state index contributed by atoms with van der Waals surface area (Å²) in [4.78, 5) is 0. The second-order valence-electron chi connectivity index (χ2n) is 2.92. The van der Waals surface area contributed by atoms with Gasteiger partial charge in [-0.15, -0.1) is 0 Å². The van der Waals surface area contributed by atoms with E-state index >= 15 is 0 Å². The van der Waals surface area contributed by atoms with Gasteiger partial charge in [0.15, 0.2) is 11.1 Å². The number of benzene rings is 1. The first-order valence-electron chi connectivity index (χ1n) is 4.48. The number of hydrogen-bond acceptors (Lipinski definition) is 2. The maximum Gasteiger partial charge on any atom is 0.152 e. The number of hydrogen-bond donors (Lipinski definition) is 1. The van der Waals surface area contributed by atoms with Crippen LogP contribution >= 0.6 is 0 Å². The van der Waals surface area contributed by atoms with Gasteiger partial charge in [0.1, 0.15) is 0 Å². The van der Waals surface area contributed by atoms with E-state index in [1.165, 1.54) is 0 Å². The van der Waals surface area contributed by atoms with Gasteiger partial charge in [-0.1, -0.05) is 30.3 Å². The smallest absolute Gasteiger partial charge is 0.152 e. The number of rotatable bonds is 6. The minimum Gasteiger partial charge on any atom is -0.377 e. The minimum absolute atomic E-state index is 0.286. The van der Waals surface area contributed by atoms with Crippen molar-refractivity contribution in [2.45, 2.75) is 13.0 Å². The van der Waals surface area contributed by atoms with E-state index in [1.54, 1.807) is 0 Å². The lowest BCUT2D eigenvalue weighted by molar-refractivity contribution is 0.122. The quantitative estimate of drug-likeness (QED) is 0.580. The Hall–Kier alpha value is -0.710. The summed E-state index contributed by atoms with van der Waals surface area (Å²) in [5.74, 6) is 0.286. The fourth-order valence-electron chi connectivity index (χ4n) is 1.05. The van der Waals surface area contributed by atoms with Gasteiger partial charge >= 0.3 is 0 Å². The van der Waals surface area contributed by atoms with Crippen molar-refractivity contribution in [1.29, 1.82) is 0 Å². The fraction of sp³-hybridized carbons (Fsp3) is 0.400. The van der Waals surface area contributed by atoms with Crippen LogP contribution in [0.25, 0.3) is 0 Å². The lowest BCUT2D eigenvalue weighted by Crippen LogP contribution is -2.01. The van der Waals surface area contributed by atoms with Crippen LogP contribution in [0.3, 0.4) is 0 Å². The molecule has 1 rings (SSSR count). The summed E-state index contributed by atoms with van der Waals surface area (Å²) in [6.45, 7) is 1.10. The SMILES string of the molecule is O=S(O)CCCOCc1ccccc1. The summed E-state index contributed by atoms with van der Waals surface area (Å²) in [5, 5.41) is 0. The molecule has 1 atom stereocenters. The van der Waals surface area contributed by atoms with E-state index in [1.807, 2.05) is 30.3 Å². The van der Waals surface area contributed by atoms with E-state index in [4.69, 9.17) is 9.29 Å². The molecular weight excluding hydrogens is 200 g/mol. The molecule has 0 aliphatic heterocycles. The maximum atomic E-state index is 10.3. The summed E-state index contributed by atoms with van der Waals surface area (Å²) in [7, 11) is 0. The third-order valence-corrected chi connectivity index (χ3v) is 2.36. The Bertz CT molecular complexity index is 274. The van der Waals surface area contributed by atoms with E-state index in [2.05, 4.69) is 0 Å². The molecule has 0 fully saturated rings. The highest BCUT2D eigenvalue weighted by molar-refractivity contribution is 7.79. The first-order chi connectivity index (χ1) is 6.79. The van der Waals surface area contributed by atoms with Crippen molar-refractivity contribution in [3.05, 3.63) is 35.9 Å². The van der Waals surface area contributed by atoms with Crippen molar-refractivity contribution in [3.8, 4) is 0 Å². The molecule has 0 bridgehead atoms. The first-order valence-corrected chi connectivity index (χ1v) is 5.76. The molecule has 0 radical (unpaired) electrons. The minimum atomic E-state index is -1.69. The van der Waals surface area contributed by atoms with Gasteiger partial charge in [0.2, 0.25) is 0 Å². The molecule has 1 aromatic rings. The van der Waals surface area contributed by atoms with Crippen molar-refractivity contribution < 1.29 is 13.5 Å². The molecule has 3 nitrogen and oxygen atoms in total. The van der Waals surface area contributed by atoms with Gasteiger partial charge < -0.3 is 9.29 Å². The Labute approximate surface area is 86.4 Å². The summed E-state index contributed by atoms with van der Waals surface area (Å²) in [5.41, 5.74) is 1.12.